The Balaban J connectivity index is 2.32. The molecule has 112 valence electrons. The summed E-state index contributed by atoms with van der Waals surface area (Å²) in [5.41, 5.74) is 3.31. The van der Waals surface area contributed by atoms with E-state index in [1.54, 1.807) is 18.3 Å². The van der Waals surface area contributed by atoms with Crippen LogP contribution in [0.4, 0.5) is 5.69 Å². The highest BCUT2D eigenvalue weighted by atomic mass is 32.2. The van der Waals surface area contributed by atoms with Crippen molar-refractivity contribution in [2.75, 3.05) is 4.72 Å². The van der Waals surface area contributed by atoms with Crippen LogP contribution in [0.2, 0.25) is 0 Å². The predicted molar refractivity (Wildman–Crippen MR) is 85.1 cm³/mol. The van der Waals surface area contributed by atoms with Crippen molar-refractivity contribution in [3.63, 3.8) is 0 Å². The average Bonchev–Trinajstić information content (AvgIpc) is 2.36. The number of pyridine rings is 1. The second kappa shape index (κ2) is 5.46. The third-order valence-electron chi connectivity index (χ3n) is 3.07. The lowest BCUT2D eigenvalue weighted by Gasteiger charge is -2.19. The molecule has 21 heavy (non-hydrogen) atoms. The fourth-order valence-electron chi connectivity index (χ4n) is 1.96. The second-order valence-electron chi connectivity index (χ2n) is 5.90. The maximum atomic E-state index is 11.0. The molecule has 0 aliphatic heterocycles. The lowest BCUT2D eigenvalue weighted by atomic mass is 9.86. The maximum absolute atomic E-state index is 11.0. The van der Waals surface area contributed by atoms with E-state index >= 15 is 0 Å². The van der Waals surface area contributed by atoms with E-state index in [1.165, 1.54) is 5.56 Å². The molecular formula is C15H19N3O2S. The summed E-state index contributed by atoms with van der Waals surface area (Å²) < 4.78 is 24.3. The van der Waals surface area contributed by atoms with Crippen molar-refractivity contribution >= 4 is 15.9 Å². The molecule has 0 radical (unpaired) electrons. The minimum Gasteiger partial charge on any atom is -0.271 e. The van der Waals surface area contributed by atoms with Crippen molar-refractivity contribution in [1.29, 1.82) is 0 Å². The van der Waals surface area contributed by atoms with Gasteiger partial charge >= 0.3 is 0 Å². The van der Waals surface area contributed by atoms with Crippen molar-refractivity contribution in [3.8, 4) is 11.3 Å². The third-order valence-corrected chi connectivity index (χ3v) is 3.59. The Kier molecular flexibility index (Phi) is 4.02. The minimum atomic E-state index is -3.78. The van der Waals surface area contributed by atoms with E-state index in [2.05, 4.69) is 42.6 Å². The van der Waals surface area contributed by atoms with Gasteiger partial charge in [0, 0.05) is 11.8 Å². The Morgan fingerprint density at radius 3 is 2.24 bits per heavy atom. The molecule has 5 nitrogen and oxygen atoms in total. The van der Waals surface area contributed by atoms with Crippen LogP contribution in [0, 0.1) is 0 Å². The van der Waals surface area contributed by atoms with Gasteiger partial charge in [-0.05, 0) is 23.1 Å². The monoisotopic (exact) mass is 305 g/mol. The van der Waals surface area contributed by atoms with Gasteiger partial charge in [-0.2, -0.15) is 8.42 Å². The number of nitrogens with zero attached hydrogens (tertiary/aromatic N) is 1. The van der Waals surface area contributed by atoms with E-state index < -0.39 is 10.2 Å². The molecule has 0 amide bonds. The summed E-state index contributed by atoms with van der Waals surface area (Å²) >= 11 is 0. The first-order valence-corrected chi connectivity index (χ1v) is 8.07. The number of hydrogen-bond acceptors (Lipinski definition) is 3. The van der Waals surface area contributed by atoms with E-state index in [-0.39, 0.29) is 5.41 Å². The van der Waals surface area contributed by atoms with E-state index in [1.807, 2.05) is 12.1 Å². The lowest BCUT2D eigenvalue weighted by molar-refractivity contribution is 0.590. The van der Waals surface area contributed by atoms with Crippen LogP contribution in [0.15, 0.2) is 42.6 Å². The van der Waals surface area contributed by atoms with Gasteiger partial charge in [-0.15, -0.1) is 0 Å². The van der Waals surface area contributed by atoms with Crippen LogP contribution in [-0.2, 0) is 15.6 Å². The Labute approximate surface area is 125 Å². The highest BCUT2D eigenvalue weighted by Crippen LogP contribution is 2.26. The van der Waals surface area contributed by atoms with Crippen LogP contribution in [0.5, 0.6) is 0 Å². The zero-order valence-corrected chi connectivity index (χ0v) is 13.1. The highest BCUT2D eigenvalue weighted by molar-refractivity contribution is 7.90. The van der Waals surface area contributed by atoms with Crippen molar-refractivity contribution in [1.82, 2.24) is 4.98 Å². The molecule has 2 aromatic rings. The Hall–Kier alpha value is -1.92. The minimum absolute atomic E-state index is 0.0863. The summed E-state index contributed by atoms with van der Waals surface area (Å²) in [5.74, 6) is 0. The second-order valence-corrected chi connectivity index (χ2v) is 7.20. The Morgan fingerprint density at radius 2 is 1.71 bits per heavy atom. The summed E-state index contributed by atoms with van der Waals surface area (Å²) in [7, 11) is -3.78. The topological polar surface area (TPSA) is 85.1 Å². The number of nitrogens with one attached hydrogen (secondary N) is 1. The number of rotatable bonds is 3. The molecule has 0 unspecified atom stereocenters. The largest absolute Gasteiger partial charge is 0.296 e. The van der Waals surface area contributed by atoms with Gasteiger partial charge in [-0.1, -0.05) is 45.0 Å². The van der Waals surface area contributed by atoms with Gasteiger partial charge in [0.2, 0.25) is 0 Å². The van der Waals surface area contributed by atoms with Gasteiger partial charge in [0.05, 0.1) is 11.4 Å². The smallest absolute Gasteiger partial charge is 0.271 e. The number of hydrogen-bond donors (Lipinski definition) is 2. The zero-order valence-electron chi connectivity index (χ0n) is 12.3. The molecule has 0 fully saturated rings. The lowest BCUT2D eigenvalue weighted by Crippen LogP contribution is -2.21. The van der Waals surface area contributed by atoms with Gasteiger partial charge in [0.25, 0.3) is 10.2 Å². The summed E-state index contributed by atoms with van der Waals surface area (Å²) in [5, 5.41) is 4.96. The summed E-state index contributed by atoms with van der Waals surface area (Å²) in [6.07, 6.45) is 1.54. The normalized spacial score (nSPS) is 12.2. The molecule has 6 heteroatoms. The standard InChI is InChI=1S/C15H19N3O2S/c1-15(2,3)12-6-4-11(5-7-12)14-10-13(8-9-17-14)18-21(16,19)20/h4-10H,1-3H3,(H,17,18)(H2,16,19,20). The quantitative estimate of drug-likeness (QED) is 0.914. The fraction of sp³-hybridized carbons (Fsp3) is 0.267. The van der Waals surface area contributed by atoms with Crippen LogP contribution in [0.25, 0.3) is 11.3 Å². The number of anilines is 1. The van der Waals surface area contributed by atoms with E-state index in [0.717, 1.165) is 5.56 Å². The van der Waals surface area contributed by atoms with Crippen LogP contribution < -0.4 is 9.86 Å². The molecule has 2 rings (SSSR count). The average molecular weight is 305 g/mol. The molecule has 0 aliphatic carbocycles. The van der Waals surface area contributed by atoms with Crippen molar-refractivity contribution in [3.05, 3.63) is 48.2 Å². The molecule has 0 spiro atoms. The summed E-state index contributed by atoms with van der Waals surface area (Å²) in [4.78, 5) is 4.26. The van der Waals surface area contributed by atoms with E-state index in [0.29, 0.717) is 11.4 Å². The van der Waals surface area contributed by atoms with Crippen molar-refractivity contribution in [2.24, 2.45) is 5.14 Å². The zero-order chi connectivity index (χ0) is 15.7. The highest BCUT2D eigenvalue weighted by Gasteiger charge is 2.13. The molecule has 0 atom stereocenters. The predicted octanol–water partition coefficient (Wildman–Crippen LogP) is 2.66. The Bertz CT molecular complexity index is 732. The van der Waals surface area contributed by atoms with Gasteiger partial charge < -0.3 is 0 Å². The van der Waals surface area contributed by atoms with Crippen molar-refractivity contribution < 1.29 is 8.42 Å². The van der Waals surface area contributed by atoms with Crippen LogP contribution in [-0.4, -0.2) is 13.4 Å². The number of benzene rings is 1. The van der Waals surface area contributed by atoms with Crippen LogP contribution in [0.1, 0.15) is 26.3 Å². The SMILES string of the molecule is CC(C)(C)c1ccc(-c2cc(NS(N)(=O)=O)ccn2)cc1. The summed E-state index contributed by atoms with van der Waals surface area (Å²) in [6.45, 7) is 6.45. The van der Waals surface area contributed by atoms with Crippen LogP contribution in [0.3, 0.4) is 0 Å². The van der Waals surface area contributed by atoms with Gasteiger partial charge in [0.15, 0.2) is 0 Å². The molecule has 0 saturated carbocycles. The van der Waals surface area contributed by atoms with Gasteiger partial charge in [0.1, 0.15) is 0 Å². The fourth-order valence-corrected chi connectivity index (χ4v) is 2.41. The third kappa shape index (κ3) is 4.27. The maximum Gasteiger partial charge on any atom is 0.296 e. The van der Waals surface area contributed by atoms with Gasteiger partial charge in [-0.3, -0.25) is 9.71 Å². The molecule has 0 bridgehead atoms. The molecule has 3 N–H and O–H groups in total. The van der Waals surface area contributed by atoms with Gasteiger partial charge in [-0.25, -0.2) is 5.14 Å². The molecule has 1 aromatic heterocycles. The molecule has 0 saturated heterocycles. The van der Waals surface area contributed by atoms with Crippen LogP contribution >= 0.6 is 0 Å². The first-order chi connectivity index (χ1) is 9.65. The first-order valence-electron chi connectivity index (χ1n) is 6.53. The summed E-state index contributed by atoms with van der Waals surface area (Å²) in [6, 6.07) is 11.3. The van der Waals surface area contributed by atoms with E-state index in [9.17, 15) is 8.42 Å². The number of nitrogens with two attached hydrogens (primary N) is 1. The first kappa shape index (κ1) is 15.5. The van der Waals surface area contributed by atoms with Crippen molar-refractivity contribution in [2.45, 2.75) is 26.2 Å². The molecular weight excluding hydrogens is 286 g/mol. The Morgan fingerprint density at radius 1 is 1.10 bits per heavy atom. The molecule has 0 aliphatic rings. The molecule has 1 aromatic carbocycles. The molecule has 1 heterocycles. The number of aromatic nitrogens is 1. The van der Waals surface area contributed by atoms with E-state index in [4.69, 9.17) is 5.14 Å².